The van der Waals surface area contributed by atoms with Gasteiger partial charge >= 0.3 is 6.03 Å². The van der Waals surface area contributed by atoms with Gasteiger partial charge in [-0.25, -0.2) is 4.79 Å². The van der Waals surface area contributed by atoms with Gasteiger partial charge in [-0.1, -0.05) is 27.5 Å². The monoisotopic (exact) mass is 390 g/mol. The number of nitrogens with zero attached hydrogens (tertiary/aromatic N) is 1. The molecule has 0 heterocycles. The summed E-state index contributed by atoms with van der Waals surface area (Å²) >= 11 is 9.42. The fourth-order valence-corrected chi connectivity index (χ4v) is 2.79. The van der Waals surface area contributed by atoms with Crippen molar-refractivity contribution in [1.82, 2.24) is 10.2 Å². The standard InChI is InChI=1S/C16H24BrClN2O2/c1-5-20(16(2,3)4)15(21)19-9-6-10-22-14-8-7-12(17)11-13(14)18/h7-8,11H,5-6,9-10H2,1-4H3,(H,19,21). The van der Waals surface area contributed by atoms with Crippen LogP contribution in [0.25, 0.3) is 0 Å². The van der Waals surface area contributed by atoms with Crippen LogP contribution in [0.5, 0.6) is 5.75 Å². The quantitative estimate of drug-likeness (QED) is 0.714. The Balaban J connectivity index is 2.32. The molecule has 0 spiro atoms. The molecule has 6 heteroatoms. The Morgan fingerprint density at radius 2 is 2.09 bits per heavy atom. The zero-order valence-corrected chi connectivity index (χ0v) is 15.9. The van der Waals surface area contributed by atoms with Crippen LogP contribution >= 0.6 is 27.5 Å². The maximum absolute atomic E-state index is 12.1. The van der Waals surface area contributed by atoms with Crippen molar-refractivity contribution in [2.75, 3.05) is 19.7 Å². The molecule has 0 bridgehead atoms. The molecule has 4 nitrogen and oxygen atoms in total. The summed E-state index contributed by atoms with van der Waals surface area (Å²) in [7, 11) is 0. The van der Waals surface area contributed by atoms with E-state index in [1.165, 1.54) is 0 Å². The van der Waals surface area contributed by atoms with E-state index in [1.807, 2.05) is 39.8 Å². The minimum absolute atomic E-state index is 0.0447. The Hall–Kier alpha value is -0.940. The number of hydrogen-bond acceptors (Lipinski definition) is 2. The van der Waals surface area contributed by atoms with Crippen molar-refractivity contribution in [3.05, 3.63) is 27.7 Å². The van der Waals surface area contributed by atoms with E-state index in [0.717, 1.165) is 10.9 Å². The molecule has 0 aliphatic heterocycles. The molecule has 1 aromatic rings. The highest BCUT2D eigenvalue weighted by atomic mass is 79.9. The number of hydrogen-bond donors (Lipinski definition) is 1. The van der Waals surface area contributed by atoms with E-state index < -0.39 is 0 Å². The molecule has 0 aliphatic carbocycles. The second-order valence-corrected chi connectivity index (χ2v) is 7.25. The normalized spacial score (nSPS) is 11.2. The van der Waals surface area contributed by atoms with Crippen LogP contribution < -0.4 is 10.1 Å². The Labute approximate surface area is 146 Å². The van der Waals surface area contributed by atoms with E-state index in [2.05, 4.69) is 21.2 Å². The van der Waals surface area contributed by atoms with Gasteiger partial charge in [0.2, 0.25) is 0 Å². The first-order valence-corrected chi connectivity index (χ1v) is 8.56. The zero-order chi connectivity index (χ0) is 16.8. The topological polar surface area (TPSA) is 41.6 Å². The Kier molecular flexibility index (Phi) is 7.49. The average Bonchev–Trinajstić information content (AvgIpc) is 2.39. The van der Waals surface area contributed by atoms with E-state index in [-0.39, 0.29) is 11.6 Å². The summed E-state index contributed by atoms with van der Waals surface area (Å²) < 4.78 is 6.53. The average molecular weight is 392 g/mol. The Bertz CT molecular complexity index is 503. The third-order valence-electron chi connectivity index (χ3n) is 3.12. The molecule has 0 aromatic heterocycles. The molecule has 0 radical (unpaired) electrons. The highest BCUT2D eigenvalue weighted by Crippen LogP contribution is 2.27. The smallest absolute Gasteiger partial charge is 0.317 e. The van der Waals surface area contributed by atoms with E-state index in [4.69, 9.17) is 16.3 Å². The predicted molar refractivity (Wildman–Crippen MR) is 94.8 cm³/mol. The summed E-state index contributed by atoms with van der Waals surface area (Å²) in [5.41, 5.74) is -0.180. The molecule has 0 saturated heterocycles. The van der Waals surface area contributed by atoms with Crippen molar-refractivity contribution < 1.29 is 9.53 Å². The lowest BCUT2D eigenvalue weighted by Gasteiger charge is -2.34. The van der Waals surface area contributed by atoms with Crippen LogP contribution in [0.4, 0.5) is 4.79 Å². The Morgan fingerprint density at radius 1 is 1.41 bits per heavy atom. The minimum atomic E-state index is -0.180. The number of urea groups is 1. The van der Waals surface area contributed by atoms with E-state index in [1.54, 1.807) is 11.0 Å². The van der Waals surface area contributed by atoms with Gasteiger partial charge < -0.3 is 15.0 Å². The van der Waals surface area contributed by atoms with Crippen LogP contribution in [0.1, 0.15) is 34.1 Å². The fraction of sp³-hybridized carbons (Fsp3) is 0.562. The highest BCUT2D eigenvalue weighted by molar-refractivity contribution is 9.10. The number of carbonyl (C=O) groups is 1. The molecule has 0 atom stereocenters. The third kappa shape index (κ3) is 6.05. The zero-order valence-electron chi connectivity index (χ0n) is 13.6. The lowest BCUT2D eigenvalue weighted by atomic mass is 10.1. The van der Waals surface area contributed by atoms with Gasteiger partial charge in [-0.2, -0.15) is 0 Å². The number of nitrogens with one attached hydrogen (secondary N) is 1. The fourth-order valence-electron chi connectivity index (χ4n) is 2.06. The number of rotatable bonds is 6. The molecule has 0 fully saturated rings. The summed E-state index contributed by atoms with van der Waals surface area (Å²) in [6.07, 6.45) is 0.722. The summed E-state index contributed by atoms with van der Waals surface area (Å²) in [6.45, 7) is 9.80. The largest absolute Gasteiger partial charge is 0.492 e. The third-order valence-corrected chi connectivity index (χ3v) is 3.91. The van der Waals surface area contributed by atoms with Crippen molar-refractivity contribution in [3.63, 3.8) is 0 Å². The SMILES string of the molecule is CCN(C(=O)NCCCOc1ccc(Br)cc1Cl)C(C)(C)C. The van der Waals surface area contributed by atoms with Crippen LogP contribution in [-0.4, -0.2) is 36.2 Å². The van der Waals surface area contributed by atoms with Gasteiger partial charge in [-0.15, -0.1) is 0 Å². The lowest BCUT2D eigenvalue weighted by molar-refractivity contribution is 0.149. The number of benzene rings is 1. The van der Waals surface area contributed by atoms with Crippen molar-refractivity contribution in [2.45, 2.75) is 39.7 Å². The molecular weight excluding hydrogens is 368 g/mol. The molecular formula is C16H24BrClN2O2. The number of carbonyl (C=O) groups excluding carboxylic acids is 1. The first kappa shape index (κ1) is 19.1. The number of ether oxygens (including phenoxy) is 1. The molecule has 2 amide bonds. The molecule has 0 unspecified atom stereocenters. The van der Waals surface area contributed by atoms with Gasteiger partial charge in [-0.3, -0.25) is 0 Å². The van der Waals surface area contributed by atoms with Crippen LogP contribution in [-0.2, 0) is 0 Å². The minimum Gasteiger partial charge on any atom is -0.492 e. The van der Waals surface area contributed by atoms with Gasteiger partial charge in [0.15, 0.2) is 0 Å². The second kappa shape index (κ2) is 8.63. The summed E-state index contributed by atoms with van der Waals surface area (Å²) in [5, 5.41) is 3.49. The second-order valence-electron chi connectivity index (χ2n) is 5.92. The Morgan fingerprint density at radius 3 is 2.64 bits per heavy atom. The summed E-state index contributed by atoms with van der Waals surface area (Å²) in [5.74, 6) is 0.654. The molecule has 0 saturated carbocycles. The molecule has 1 N–H and O–H groups in total. The molecule has 0 aliphatic rings. The first-order chi connectivity index (χ1) is 10.3. The van der Waals surface area contributed by atoms with Crippen LogP contribution in [0, 0.1) is 0 Å². The predicted octanol–water partition coefficient (Wildman–Crippen LogP) is 4.70. The summed E-state index contributed by atoms with van der Waals surface area (Å²) in [6, 6.07) is 5.45. The molecule has 124 valence electrons. The van der Waals surface area contributed by atoms with Gasteiger partial charge in [0.25, 0.3) is 0 Å². The van der Waals surface area contributed by atoms with E-state index in [9.17, 15) is 4.79 Å². The molecule has 22 heavy (non-hydrogen) atoms. The van der Waals surface area contributed by atoms with Crippen molar-refractivity contribution in [3.8, 4) is 5.75 Å². The first-order valence-electron chi connectivity index (χ1n) is 7.39. The van der Waals surface area contributed by atoms with Crippen molar-refractivity contribution >= 4 is 33.6 Å². The van der Waals surface area contributed by atoms with Gasteiger partial charge in [-0.05, 0) is 52.3 Å². The van der Waals surface area contributed by atoms with Crippen LogP contribution in [0.2, 0.25) is 5.02 Å². The van der Waals surface area contributed by atoms with Crippen molar-refractivity contribution in [2.24, 2.45) is 0 Å². The molecule has 1 rings (SSSR count). The van der Waals surface area contributed by atoms with E-state index in [0.29, 0.717) is 30.5 Å². The molecule has 1 aromatic carbocycles. The maximum atomic E-state index is 12.1. The highest BCUT2D eigenvalue weighted by Gasteiger charge is 2.24. The van der Waals surface area contributed by atoms with Crippen LogP contribution in [0.3, 0.4) is 0 Å². The lowest BCUT2D eigenvalue weighted by Crippen LogP contribution is -2.50. The van der Waals surface area contributed by atoms with Gasteiger partial charge in [0, 0.05) is 23.1 Å². The van der Waals surface area contributed by atoms with Gasteiger partial charge in [0.1, 0.15) is 5.75 Å². The van der Waals surface area contributed by atoms with Gasteiger partial charge in [0.05, 0.1) is 11.6 Å². The maximum Gasteiger partial charge on any atom is 0.317 e. The van der Waals surface area contributed by atoms with E-state index >= 15 is 0 Å². The van der Waals surface area contributed by atoms with Crippen LogP contribution in [0.15, 0.2) is 22.7 Å². The summed E-state index contributed by atoms with van der Waals surface area (Å²) in [4.78, 5) is 13.9. The van der Waals surface area contributed by atoms with Crippen molar-refractivity contribution in [1.29, 1.82) is 0 Å². The number of amides is 2. The number of halogens is 2.